The molecule has 0 saturated carbocycles. The highest BCUT2D eigenvalue weighted by Gasteiger charge is 2.19. The van der Waals surface area contributed by atoms with Gasteiger partial charge in [-0.3, -0.25) is 9.69 Å². The predicted molar refractivity (Wildman–Crippen MR) is 72.2 cm³/mol. The molecule has 0 aliphatic carbocycles. The third kappa shape index (κ3) is 4.18. The Morgan fingerprint density at radius 2 is 2.47 bits per heavy atom. The molecule has 0 bridgehead atoms. The van der Waals surface area contributed by atoms with Gasteiger partial charge in [-0.1, -0.05) is 6.07 Å². The molecule has 1 aromatic heterocycles. The van der Waals surface area contributed by atoms with E-state index in [2.05, 4.69) is 10.3 Å². The monoisotopic (exact) mass is 264 g/mol. The molecule has 6 nitrogen and oxygen atoms in total. The minimum Gasteiger partial charge on any atom is -0.392 e. The number of hydrogen-bond donors (Lipinski definition) is 3. The Hall–Kier alpha value is -1.66. The Kier molecular flexibility index (Phi) is 4.70. The van der Waals surface area contributed by atoms with Crippen LogP contribution in [0.2, 0.25) is 0 Å². The van der Waals surface area contributed by atoms with E-state index >= 15 is 0 Å². The van der Waals surface area contributed by atoms with Gasteiger partial charge in [-0.05, 0) is 25.5 Å². The van der Waals surface area contributed by atoms with Gasteiger partial charge in [0.05, 0.1) is 12.6 Å². The van der Waals surface area contributed by atoms with Gasteiger partial charge in [0.1, 0.15) is 5.82 Å². The fourth-order valence-corrected chi connectivity index (χ4v) is 2.23. The number of pyridine rings is 1. The number of nitrogens with one attached hydrogen (secondary N) is 1. The zero-order valence-corrected chi connectivity index (χ0v) is 10.9. The average molecular weight is 264 g/mol. The molecule has 1 aliphatic rings. The first-order valence-electron chi connectivity index (χ1n) is 6.51. The summed E-state index contributed by atoms with van der Waals surface area (Å²) in [7, 11) is 0. The molecular weight excluding hydrogens is 244 g/mol. The second-order valence-electron chi connectivity index (χ2n) is 4.86. The number of aromatic nitrogens is 1. The number of carbonyl (C=O) groups is 1. The maximum Gasteiger partial charge on any atom is 0.234 e. The number of piperidine rings is 1. The Morgan fingerprint density at radius 1 is 1.63 bits per heavy atom. The Bertz CT molecular complexity index is 438. The molecule has 0 radical (unpaired) electrons. The molecule has 2 heterocycles. The van der Waals surface area contributed by atoms with Crippen molar-refractivity contribution in [2.45, 2.75) is 25.5 Å². The summed E-state index contributed by atoms with van der Waals surface area (Å²) in [4.78, 5) is 17.7. The summed E-state index contributed by atoms with van der Waals surface area (Å²) >= 11 is 0. The van der Waals surface area contributed by atoms with E-state index in [0.29, 0.717) is 25.5 Å². The molecule has 6 heteroatoms. The molecule has 1 amide bonds. The molecule has 1 fully saturated rings. The number of hydrogen-bond acceptors (Lipinski definition) is 5. The lowest BCUT2D eigenvalue weighted by atomic mass is 10.1. The van der Waals surface area contributed by atoms with Gasteiger partial charge in [-0.15, -0.1) is 0 Å². The van der Waals surface area contributed by atoms with Gasteiger partial charge < -0.3 is 16.2 Å². The van der Waals surface area contributed by atoms with Gasteiger partial charge in [0.2, 0.25) is 5.91 Å². The Labute approximate surface area is 112 Å². The average Bonchev–Trinajstić information content (AvgIpc) is 2.38. The van der Waals surface area contributed by atoms with Crippen molar-refractivity contribution < 1.29 is 9.90 Å². The van der Waals surface area contributed by atoms with E-state index in [-0.39, 0.29) is 12.0 Å². The first-order chi connectivity index (χ1) is 9.15. The van der Waals surface area contributed by atoms with Crippen molar-refractivity contribution in [1.82, 2.24) is 15.2 Å². The molecule has 19 heavy (non-hydrogen) atoms. The van der Waals surface area contributed by atoms with Crippen LogP contribution in [0.15, 0.2) is 18.3 Å². The van der Waals surface area contributed by atoms with E-state index in [1.54, 1.807) is 12.3 Å². The van der Waals surface area contributed by atoms with E-state index in [4.69, 9.17) is 5.73 Å². The Morgan fingerprint density at radius 3 is 3.21 bits per heavy atom. The van der Waals surface area contributed by atoms with E-state index in [1.165, 1.54) is 0 Å². The molecule has 104 valence electrons. The van der Waals surface area contributed by atoms with Crippen molar-refractivity contribution in [3.8, 4) is 0 Å². The molecule has 0 unspecified atom stereocenters. The number of nitrogens with two attached hydrogens (primary N) is 1. The zero-order valence-electron chi connectivity index (χ0n) is 10.9. The summed E-state index contributed by atoms with van der Waals surface area (Å²) in [5.74, 6) is 0.383. The van der Waals surface area contributed by atoms with E-state index in [9.17, 15) is 9.90 Å². The summed E-state index contributed by atoms with van der Waals surface area (Å²) in [6.07, 6.45) is 3.07. The van der Waals surface area contributed by atoms with E-state index in [0.717, 1.165) is 24.9 Å². The quantitative estimate of drug-likeness (QED) is 0.696. The lowest BCUT2D eigenvalue weighted by Crippen LogP contribution is -2.44. The highest BCUT2D eigenvalue weighted by molar-refractivity contribution is 5.78. The number of aliphatic hydroxyl groups excluding tert-OH is 1. The first-order valence-corrected chi connectivity index (χ1v) is 6.51. The number of amides is 1. The zero-order chi connectivity index (χ0) is 13.7. The van der Waals surface area contributed by atoms with Crippen LogP contribution in [0, 0.1) is 0 Å². The normalized spacial score (nSPS) is 20.2. The van der Waals surface area contributed by atoms with Gasteiger partial charge in [0, 0.05) is 24.8 Å². The van der Waals surface area contributed by atoms with Crippen LogP contribution in [0.25, 0.3) is 0 Å². The van der Waals surface area contributed by atoms with Crippen LogP contribution in [0.4, 0.5) is 5.82 Å². The number of β-amino-alcohol motifs (C(OH)–C–C–N with tert-alkyl or cyclic N) is 1. The van der Waals surface area contributed by atoms with Gasteiger partial charge in [0.15, 0.2) is 0 Å². The van der Waals surface area contributed by atoms with Crippen LogP contribution in [-0.4, -0.2) is 46.6 Å². The maximum absolute atomic E-state index is 11.8. The maximum atomic E-state index is 11.8. The number of carbonyl (C=O) groups excluding carboxylic acids is 1. The summed E-state index contributed by atoms with van der Waals surface area (Å²) in [6.45, 7) is 2.13. The van der Waals surface area contributed by atoms with Crippen molar-refractivity contribution in [3.05, 3.63) is 23.9 Å². The highest BCUT2D eigenvalue weighted by atomic mass is 16.3. The topological polar surface area (TPSA) is 91.5 Å². The number of aliphatic hydroxyl groups is 1. The van der Waals surface area contributed by atoms with Crippen molar-refractivity contribution in [1.29, 1.82) is 0 Å². The van der Waals surface area contributed by atoms with Crippen LogP contribution in [0.1, 0.15) is 18.4 Å². The first kappa shape index (κ1) is 13.8. The largest absolute Gasteiger partial charge is 0.392 e. The molecule has 1 aliphatic heterocycles. The number of likely N-dealkylation sites (tertiary alicyclic amines) is 1. The standard InChI is InChI=1S/C13H20N4O2/c14-13-10(3-1-5-15-13)7-16-12(19)9-17-6-2-4-11(18)8-17/h1,3,5,11,18H,2,4,6-9H2,(H2,14,15)(H,16,19)/t11-/m1/s1. The van der Waals surface area contributed by atoms with Crippen LogP contribution >= 0.6 is 0 Å². The number of anilines is 1. The molecule has 4 N–H and O–H groups in total. The van der Waals surface area contributed by atoms with Crippen LogP contribution in [0.5, 0.6) is 0 Å². The van der Waals surface area contributed by atoms with Crippen LogP contribution < -0.4 is 11.1 Å². The third-order valence-electron chi connectivity index (χ3n) is 3.25. The highest BCUT2D eigenvalue weighted by Crippen LogP contribution is 2.09. The molecule has 1 aromatic rings. The smallest absolute Gasteiger partial charge is 0.234 e. The van der Waals surface area contributed by atoms with Crippen molar-refractivity contribution in [3.63, 3.8) is 0 Å². The molecule has 2 rings (SSSR count). The predicted octanol–water partition coefficient (Wildman–Crippen LogP) is -0.263. The fraction of sp³-hybridized carbons (Fsp3) is 0.538. The summed E-state index contributed by atoms with van der Waals surface area (Å²) < 4.78 is 0. The molecule has 0 spiro atoms. The molecule has 1 saturated heterocycles. The lowest BCUT2D eigenvalue weighted by Gasteiger charge is -2.29. The molecule has 0 aromatic carbocycles. The van der Waals surface area contributed by atoms with Crippen LogP contribution in [0.3, 0.4) is 0 Å². The molecular formula is C13H20N4O2. The van der Waals surface area contributed by atoms with Gasteiger partial charge in [0.25, 0.3) is 0 Å². The second-order valence-corrected chi connectivity index (χ2v) is 4.86. The van der Waals surface area contributed by atoms with Crippen molar-refractivity contribution >= 4 is 11.7 Å². The SMILES string of the molecule is Nc1ncccc1CNC(=O)CN1CCC[C@@H](O)C1. The minimum atomic E-state index is -0.310. The lowest BCUT2D eigenvalue weighted by molar-refractivity contribution is -0.123. The van der Waals surface area contributed by atoms with Crippen molar-refractivity contribution in [2.75, 3.05) is 25.4 Å². The Balaban J connectivity index is 1.77. The summed E-state index contributed by atoms with van der Waals surface area (Å²) in [5, 5.41) is 12.4. The van der Waals surface area contributed by atoms with Crippen molar-refractivity contribution in [2.24, 2.45) is 0 Å². The minimum absolute atomic E-state index is 0.0580. The summed E-state index contributed by atoms with van der Waals surface area (Å²) in [5.41, 5.74) is 6.52. The molecule has 1 atom stereocenters. The van der Waals surface area contributed by atoms with Gasteiger partial charge in [-0.2, -0.15) is 0 Å². The van der Waals surface area contributed by atoms with E-state index in [1.807, 2.05) is 11.0 Å². The second kappa shape index (κ2) is 6.49. The van der Waals surface area contributed by atoms with Crippen LogP contribution in [-0.2, 0) is 11.3 Å². The summed E-state index contributed by atoms with van der Waals surface area (Å²) in [6, 6.07) is 3.63. The van der Waals surface area contributed by atoms with E-state index < -0.39 is 0 Å². The van der Waals surface area contributed by atoms with Gasteiger partial charge >= 0.3 is 0 Å². The number of nitrogen functional groups attached to an aromatic ring is 1. The third-order valence-corrected chi connectivity index (χ3v) is 3.25. The fourth-order valence-electron chi connectivity index (χ4n) is 2.23. The number of nitrogens with zero attached hydrogens (tertiary/aromatic N) is 2. The van der Waals surface area contributed by atoms with Gasteiger partial charge in [-0.25, -0.2) is 4.98 Å². The number of rotatable bonds is 4.